The smallest absolute Gasteiger partial charge is 0.194 e. The van der Waals surface area contributed by atoms with Crippen molar-refractivity contribution in [3.05, 3.63) is 35.4 Å². The number of benzene rings is 1. The molecule has 2 aliphatic heterocycles. The molecule has 1 aromatic carbocycles. The normalized spacial score (nSPS) is 26.3. The molecule has 2 saturated heterocycles. The standard InChI is InChI=1S/C23H36N4O/c1-2-24-23(27-17-21-5-3-4-6-22(21)18-27)25-15-19-7-9-20(10-8-19)16-26-11-13-28-14-12-26/h7-10,21-22H,2-6,11-18H2,1H3,(H,24,25). The van der Waals surface area contributed by atoms with E-state index in [0.717, 1.165) is 63.7 Å². The van der Waals surface area contributed by atoms with Crippen molar-refractivity contribution in [1.29, 1.82) is 0 Å². The Morgan fingerprint density at radius 1 is 1.04 bits per heavy atom. The Balaban J connectivity index is 1.34. The van der Waals surface area contributed by atoms with Crippen molar-refractivity contribution in [3.8, 4) is 0 Å². The van der Waals surface area contributed by atoms with E-state index in [2.05, 4.69) is 46.3 Å². The number of nitrogens with one attached hydrogen (secondary N) is 1. The summed E-state index contributed by atoms with van der Waals surface area (Å²) in [6, 6.07) is 9.01. The first-order valence-electron chi connectivity index (χ1n) is 11.2. The van der Waals surface area contributed by atoms with Gasteiger partial charge in [-0.3, -0.25) is 4.90 Å². The van der Waals surface area contributed by atoms with Gasteiger partial charge in [0.2, 0.25) is 0 Å². The molecule has 2 heterocycles. The summed E-state index contributed by atoms with van der Waals surface area (Å²) in [5, 5.41) is 3.53. The van der Waals surface area contributed by atoms with E-state index in [4.69, 9.17) is 9.73 Å². The first kappa shape index (κ1) is 19.7. The molecule has 2 unspecified atom stereocenters. The van der Waals surface area contributed by atoms with Crippen LogP contribution in [0, 0.1) is 11.8 Å². The number of rotatable bonds is 5. The highest BCUT2D eigenvalue weighted by molar-refractivity contribution is 5.80. The fourth-order valence-electron chi connectivity index (χ4n) is 4.94. The Morgan fingerprint density at radius 3 is 2.32 bits per heavy atom. The molecule has 0 radical (unpaired) electrons. The van der Waals surface area contributed by atoms with Gasteiger partial charge in [-0.25, -0.2) is 4.99 Å². The van der Waals surface area contributed by atoms with Crippen LogP contribution in [0.1, 0.15) is 43.7 Å². The Hall–Kier alpha value is -1.59. The number of hydrogen-bond donors (Lipinski definition) is 1. The second-order valence-electron chi connectivity index (χ2n) is 8.58. The second-order valence-corrected chi connectivity index (χ2v) is 8.58. The minimum Gasteiger partial charge on any atom is -0.379 e. The Morgan fingerprint density at radius 2 is 1.68 bits per heavy atom. The molecule has 2 atom stereocenters. The molecule has 1 saturated carbocycles. The number of guanidine groups is 1. The van der Waals surface area contributed by atoms with Crippen molar-refractivity contribution >= 4 is 5.96 Å². The van der Waals surface area contributed by atoms with Gasteiger partial charge < -0.3 is 15.0 Å². The lowest BCUT2D eigenvalue weighted by atomic mass is 9.82. The third kappa shape index (κ3) is 5.06. The van der Waals surface area contributed by atoms with Gasteiger partial charge in [-0.15, -0.1) is 0 Å². The fourth-order valence-corrected chi connectivity index (χ4v) is 4.94. The van der Waals surface area contributed by atoms with E-state index in [0.29, 0.717) is 0 Å². The number of hydrogen-bond acceptors (Lipinski definition) is 3. The molecule has 4 rings (SSSR count). The molecule has 1 aromatic rings. The Bertz CT molecular complexity index is 625. The number of nitrogens with zero attached hydrogens (tertiary/aromatic N) is 3. The quantitative estimate of drug-likeness (QED) is 0.626. The summed E-state index contributed by atoms with van der Waals surface area (Å²) in [5.74, 6) is 2.88. The summed E-state index contributed by atoms with van der Waals surface area (Å²) >= 11 is 0. The van der Waals surface area contributed by atoms with Crippen LogP contribution in [0.5, 0.6) is 0 Å². The summed E-state index contributed by atoms with van der Waals surface area (Å²) in [6.07, 6.45) is 5.65. The van der Waals surface area contributed by atoms with Crippen LogP contribution in [0.4, 0.5) is 0 Å². The van der Waals surface area contributed by atoms with E-state index in [1.807, 2.05) is 0 Å². The molecule has 0 bridgehead atoms. The molecule has 0 amide bonds. The average molecular weight is 385 g/mol. The van der Waals surface area contributed by atoms with E-state index in [-0.39, 0.29) is 0 Å². The summed E-state index contributed by atoms with van der Waals surface area (Å²) in [7, 11) is 0. The van der Waals surface area contributed by atoms with Crippen LogP contribution in [0.15, 0.2) is 29.3 Å². The third-order valence-corrected chi connectivity index (χ3v) is 6.55. The SMILES string of the molecule is CCNC(=NCc1ccc(CN2CCOCC2)cc1)N1CC2CCCCC2C1. The lowest BCUT2D eigenvalue weighted by Gasteiger charge is -2.26. The zero-order valence-corrected chi connectivity index (χ0v) is 17.4. The molecular formula is C23H36N4O. The van der Waals surface area contributed by atoms with Crippen LogP contribution >= 0.6 is 0 Å². The molecule has 28 heavy (non-hydrogen) atoms. The predicted molar refractivity (Wildman–Crippen MR) is 114 cm³/mol. The third-order valence-electron chi connectivity index (χ3n) is 6.55. The van der Waals surface area contributed by atoms with Gasteiger partial charge in [-0.2, -0.15) is 0 Å². The molecular weight excluding hydrogens is 348 g/mol. The second kappa shape index (κ2) is 9.75. The van der Waals surface area contributed by atoms with Gasteiger partial charge >= 0.3 is 0 Å². The lowest BCUT2D eigenvalue weighted by Crippen LogP contribution is -2.40. The van der Waals surface area contributed by atoms with Crippen molar-refractivity contribution in [2.45, 2.75) is 45.7 Å². The monoisotopic (exact) mass is 384 g/mol. The zero-order chi connectivity index (χ0) is 19.2. The van der Waals surface area contributed by atoms with Gasteiger partial charge in [0.05, 0.1) is 19.8 Å². The van der Waals surface area contributed by atoms with Crippen molar-refractivity contribution in [1.82, 2.24) is 15.1 Å². The lowest BCUT2D eigenvalue weighted by molar-refractivity contribution is 0.0342. The maximum Gasteiger partial charge on any atom is 0.194 e. The Kier molecular flexibility index (Phi) is 6.86. The van der Waals surface area contributed by atoms with Gasteiger partial charge in [0.25, 0.3) is 0 Å². The topological polar surface area (TPSA) is 40.1 Å². The fraction of sp³-hybridized carbons (Fsp3) is 0.696. The molecule has 154 valence electrons. The average Bonchev–Trinajstić information content (AvgIpc) is 3.17. The van der Waals surface area contributed by atoms with E-state index < -0.39 is 0 Å². The number of ether oxygens (including phenoxy) is 1. The van der Waals surface area contributed by atoms with Gasteiger partial charge in [0.1, 0.15) is 0 Å². The number of fused-ring (bicyclic) bond motifs is 1. The van der Waals surface area contributed by atoms with Crippen LogP contribution in [0.25, 0.3) is 0 Å². The van der Waals surface area contributed by atoms with E-state index >= 15 is 0 Å². The van der Waals surface area contributed by atoms with Crippen LogP contribution in [-0.4, -0.2) is 61.7 Å². The van der Waals surface area contributed by atoms with E-state index in [1.165, 1.54) is 49.9 Å². The van der Waals surface area contributed by atoms with Crippen LogP contribution < -0.4 is 5.32 Å². The largest absolute Gasteiger partial charge is 0.379 e. The number of morpholine rings is 1. The van der Waals surface area contributed by atoms with Crippen molar-refractivity contribution in [2.75, 3.05) is 45.9 Å². The number of likely N-dealkylation sites (tertiary alicyclic amines) is 1. The van der Waals surface area contributed by atoms with Crippen molar-refractivity contribution < 1.29 is 4.74 Å². The molecule has 5 nitrogen and oxygen atoms in total. The van der Waals surface area contributed by atoms with Gasteiger partial charge in [0.15, 0.2) is 5.96 Å². The molecule has 3 fully saturated rings. The van der Waals surface area contributed by atoms with Crippen molar-refractivity contribution in [2.24, 2.45) is 16.8 Å². The highest BCUT2D eigenvalue weighted by Crippen LogP contribution is 2.36. The van der Waals surface area contributed by atoms with Crippen molar-refractivity contribution in [3.63, 3.8) is 0 Å². The molecule has 5 heteroatoms. The zero-order valence-electron chi connectivity index (χ0n) is 17.4. The summed E-state index contributed by atoms with van der Waals surface area (Å²) in [6.45, 7) is 11.0. The molecule has 1 aliphatic carbocycles. The minimum atomic E-state index is 0.756. The molecule has 1 N–H and O–H groups in total. The maximum atomic E-state index is 5.44. The molecule has 0 aromatic heterocycles. The molecule has 0 spiro atoms. The van der Waals surface area contributed by atoms with Gasteiger partial charge in [0, 0.05) is 39.3 Å². The summed E-state index contributed by atoms with van der Waals surface area (Å²) in [5.41, 5.74) is 2.67. The highest BCUT2D eigenvalue weighted by Gasteiger charge is 2.35. The first-order valence-corrected chi connectivity index (χ1v) is 11.2. The first-order chi connectivity index (χ1) is 13.8. The minimum absolute atomic E-state index is 0.756. The van der Waals surface area contributed by atoms with E-state index in [9.17, 15) is 0 Å². The summed E-state index contributed by atoms with van der Waals surface area (Å²) < 4.78 is 5.44. The maximum absolute atomic E-state index is 5.44. The van der Waals surface area contributed by atoms with Crippen LogP contribution in [0.2, 0.25) is 0 Å². The van der Waals surface area contributed by atoms with Gasteiger partial charge in [-0.05, 0) is 42.7 Å². The van der Waals surface area contributed by atoms with Crippen LogP contribution in [0.3, 0.4) is 0 Å². The predicted octanol–water partition coefficient (Wildman–Crippen LogP) is 3.11. The van der Waals surface area contributed by atoms with Gasteiger partial charge in [-0.1, -0.05) is 37.1 Å². The number of aliphatic imine (C=N–C) groups is 1. The Labute approximate surface area is 170 Å². The summed E-state index contributed by atoms with van der Waals surface area (Å²) in [4.78, 5) is 9.95. The van der Waals surface area contributed by atoms with Crippen LogP contribution in [-0.2, 0) is 17.8 Å². The highest BCUT2D eigenvalue weighted by atomic mass is 16.5. The van der Waals surface area contributed by atoms with E-state index in [1.54, 1.807) is 0 Å². The molecule has 3 aliphatic rings.